The van der Waals surface area contributed by atoms with Gasteiger partial charge in [0.2, 0.25) is 5.91 Å². The molecule has 1 saturated heterocycles. The summed E-state index contributed by atoms with van der Waals surface area (Å²) in [6.07, 6.45) is 5.95. The summed E-state index contributed by atoms with van der Waals surface area (Å²) >= 11 is 1.68. The minimum Gasteiger partial charge on any atom is -0.342 e. The maximum Gasteiger partial charge on any atom is 0.219 e. The van der Waals surface area contributed by atoms with Gasteiger partial charge in [0.25, 0.3) is 0 Å². The highest BCUT2D eigenvalue weighted by Gasteiger charge is 2.23. The van der Waals surface area contributed by atoms with E-state index in [0.717, 1.165) is 42.2 Å². The molecule has 3 rings (SSSR count). The zero-order valence-corrected chi connectivity index (χ0v) is 13.2. The molecular formula is C16H19N3OS. The van der Waals surface area contributed by atoms with Crippen LogP contribution in [0.15, 0.2) is 24.5 Å². The Kier molecular flexibility index (Phi) is 4.01. The van der Waals surface area contributed by atoms with Crippen molar-refractivity contribution in [3.63, 3.8) is 0 Å². The lowest BCUT2D eigenvalue weighted by atomic mass is 9.94. The summed E-state index contributed by atoms with van der Waals surface area (Å²) in [6.45, 7) is 5.37. The second-order valence-electron chi connectivity index (χ2n) is 5.55. The van der Waals surface area contributed by atoms with Crippen molar-refractivity contribution in [2.75, 3.05) is 13.1 Å². The topological polar surface area (TPSA) is 46.1 Å². The zero-order valence-electron chi connectivity index (χ0n) is 12.4. The average Bonchev–Trinajstić information content (AvgIpc) is 2.94. The number of aryl methyl sites for hydroxylation is 1. The standard InChI is InChI=1S/C16H19N3OS/c1-11-8-18-16(21-11)13-5-6-15(17-9-13)14-4-3-7-19(10-14)12(2)20/h5-6,8-9,14H,3-4,7,10H2,1-2H3. The first-order valence-electron chi connectivity index (χ1n) is 7.28. The molecule has 0 aliphatic carbocycles. The summed E-state index contributed by atoms with van der Waals surface area (Å²) < 4.78 is 0. The second kappa shape index (κ2) is 5.93. The third-order valence-corrected chi connectivity index (χ3v) is 4.90. The Labute approximate surface area is 128 Å². The minimum absolute atomic E-state index is 0.162. The molecule has 0 saturated carbocycles. The maximum atomic E-state index is 11.5. The van der Waals surface area contributed by atoms with Crippen LogP contribution in [0.2, 0.25) is 0 Å². The summed E-state index contributed by atoms with van der Waals surface area (Å²) in [5.41, 5.74) is 2.15. The third kappa shape index (κ3) is 3.13. The highest BCUT2D eigenvalue weighted by Crippen LogP contribution is 2.28. The van der Waals surface area contributed by atoms with E-state index in [4.69, 9.17) is 0 Å². The van der Waals surface area contributed by atoms with Gasteiger partial charge in [-0.1, -0.05) is 0 Å². The zero-order chi connectivity index (χ0) is 14.8. The van der Waals surface area contributed by atoms with Gasteiger partial charge in [0.1, 0.15) is 5.01 Å². The number of piperidine rings is 1. The SMILES string of the molecule is CC(=O)N1CCCC(c2ccc(-c3ncc(C)s3)cn2)C1. The van der Waals surface area contributed by atoms with Crippen molar-refractivity contribution in [1.82, 2.24) is 14.9 Å². The molecule has 4 nitrogen and oxygen atoms in total. The number of likely N-dealkylation sites (tertiary alicyclic amines) is 1. The molecule has 0 aromatic carbocycles. The van der Waals surface area contributed by atoms with Crippen LogP contribution in [-0.2, 0) is 4.79 Å². The number of thiazole rings is 1. The Morgan fingerprint density at radius 3 is 2.81 bits per heavy atom. The predicted molar refractivity (Wildman–Crippen MR) is 84.3 cm³/mol. The molecule has 0 spiro atoms. The first kappa shape index (κ1) is 14.2. The summed E-state index contributed by atoms with van der Waals surface area (Å²) in [7, 11) is 0. The molecule has 1 aliphatic rings. The maximum absolute atomic E-state index is 11.5. The molecule has 1 fully saturated rings. The molecule has 0 bridgehead atoms. The second-order valence-corrected chi connectivity index (χ2v) is 6.79. The van der Waals surface area contributed by atoms with Crippen LogP contribution in [0.25, 0.3) is 10.6 Å². The molecule has 3 heterocycles. The number of carbonyl (C=O) groups excluding carboxylic acids is 1. The van der Waals surface area contributed by atoms with Crippen molar-refractivity contribution in [2.45, 2.75) is 32.6 Å². The molecule has 1 unspecified atom stereocenters. The van der Waals surface area contributed by atoms with Crippen LogP contribution in [-0.4, -0.2) is 33.9 Å². The van der Waals surface area contributed by atoms with Gasteiger partial charge in [-0.2, -0.15) is 0 Å². The van der Waals surface area contributed by atoms with E-state index < -0.39 is 0 Å². The van der Waals surface area contributed by atoms with E-state index in [0.29, 0.717) is 5.92 Å². The van der Waals surface area contributed by atoms with E-state index in [1.165, 1.54) is 4.88 Å². The average molecular weight is 301 g/mol. The molecule has 1 aliphatic heterocycles. The van der Waals surface area contributed by atoms with Crippen LogP contribution in [0.1, 0.15) is 36.3 Å². The van der Waals surface area contributed by atoms with Gasteiger partial charge in [0, 0.05) is 54.5 Å². The normalized spacial score (nSPS) is 18.8. The van der Waals surface area contributed by atoms with Gasteiger partial charge in [-0.3, -0.25) is 9.78 Å². The van der Waals surface area contributed by atoms with Crippen molar-refractivity contribution >= 4 is 17.2 Å². The van der Waals surface area contributed by atoms with E-state index in [-0.39, 0.29) is 5.91 Å². The van der Waals surface area contributed by atoms with Crippen molar-refractivity contribution < 1.29 is 4.79 Å². The van der Waals surface area contributed by atoms with Crippen molar-refractivity contribution in [3.8, 4) is 10.6 Å². The Morgan fingerprint density at radius 2 is 2.19 bits per heavy atom. The van der Waals surface area contributed by atoms with Gasteiger partial charge in [-0.05, 0) is 31.9 Å². The minimum atomic E-state index is 0.162. The van der Waals surface area contributed by atoms with Gasteiger partial charge in [0.15, 0.2) is 0 Å². The van der Waals surface area contributed by atoms with Crippen molar-refractivity contribution in [2.24, 2.45) is 0 Å². The molecule has 1 atom stereocenters. The fraction of sp³-hybridized carbons (Fsp3) is 0.438. The summed E-state index contributed by atoms with van der Waals surface area (Å²) in [6, 6.07) is 4.17. The Balaban J connectivity index is 1.76. The lowest BCUT2D eigenvalue weighted by Crippen LogP contribution is -2.37. The van der Waals surface area contributed by atoms with Gasteiger partial charge < -0.3 is 4.90 Å². The molecule has 2 aromatic heterocycles. The molecule has 0 radical (unpaired) electrons. The molecule has 0 N–H and O–H groups in total. The van der Waals surface area contributed by atoms with E-state index in [1.807, 2.05) is 17.3 Å². The van der Waals surface area contributed by atoms with E-state index in [9.17, 15) is 4.79 Å². The summed E-state index contributed by atoms with van der Waals surface area (Å²) in [5.74, 6) is 0.518. The molecule has 21 heavy (non-hydrogen) atoms. The lowest BCUT2D eigenvalue weighted by molar-refractivity contribution is -0.130. The lowest BCUT2D eigenvalue weighted by Gasteiger charge is -2.31. The largest absolute Gasteiger partial charge is 0.342 e. The van der Waals surface area contributed by atoms with Crippen LogP contribution < -0.4 is 0 Å². The van der Waals surface area contributed by atoms with E-state index >= 15 is 0 Å². The highest BCUT2D eigenvalue weighted by molar-refractivity contribution is 7.14. The number of hydrogen-bond donors (Lipinski definition) is 0. The Bertz CT molecular complexity index is 635. The van der Waals surface area contributed by atoms with Gasteiger partial charge in [0.05, 0.1) is 0 Å². The highest BCUT2D eigenvalue weighted by atomic mass is 32.1. The molecule has 110 valence electrons. The first-order valence-corrected chi connectivity index (χ1v) is 8.09. The number of carbonyl (C=O) groups is 1. The number of hydrogen-bond acceptors (Lipinski definition) is 4. The molecule has 5 heteroatoms. The monoisotopic (exact) mass is 301 g/mol. The number of nitrogens with zero attached hydrogens (tertiary/aromatic N) is 3. The summed E-state index contributed by atoms with van der Waals surface area (Å²) in [4.78, 5) is 23.6. The fourth-order valence-corrected chi connectivity index (χ4v) is 3.52. The number of amides is 1. The van der Waals surface area contributed by atoms with Crippen molar-refractivity contribution in [3.05, 3.63) is 35.1 Å². The first-order chi connectivity index (χ1) is 10.1. The van der Waals surface area contributed by atoms with Crippen molar-refractivity contribution in [1.29, 1.82) is 0 Å². The smallest absolute Gasteiger partial charge is 0.219 e. The molecular weight excluding hydrogens is 282 g/mol. The summed E-state index contributed by atoms with van der Waals surface area (Å²) in [5, 5.41) is 1.01. The van der Waals surface area contributed by atoms with E-state index in [2.05, 4.69) is 29.0 Å². The Hall–Kier alpha value is -1.75. The third-order valence-electron chi connectivity index (χ3n) is 3.94. The molecule has 2 aromatic rings. The predicted octanol–water partition coefficient (Wildman–Crippen LogP) is 3.24. The van der Waals surface area contributed by atoms with Crippen LogP contribution in [0.4, 0.5) is 0 Å². The van der Waals surface area contributed by atoms with Crippen LogP contribution in [0, 0.1) is 6.92 Å². The van der Waals surface area contributed by atoms with Crippen LogP contribution in [0.5, 0.6) is 0 Å². The fourth-order valence-electron chi connectivity index (χ4n) is 2.77. The number of pyridine rings is 1. The van der Waals surface area contributed by atoms with Gasteiger partial charge in [-0.15, -0.1) is 11.3 Å². The number of aromatic nitrogens is 2. The van der Waals surface area contributed by atoms with E-state index in [1.54, 1.807) is 18.3 Å². The number of rotatable bonds is 2. The van der Waals surface area contributed by atoms with Crippen LogP contribution >= 0.6 is 11.3 Å². The Morgan fingerprint density at radius 1 is 1.33 bits per heavy atom. The molecule has 1 amide bonds. The van der Waals surface area contributed by atoms with Gasteiger partial charge in [-0.25, -0.2) is 4.98 Å². The quantitative estimate of drug-likeness (QED) is 0.855. The van der Waals surface area contributed by atoms with Crippen LogP contribution in [0.3, 0.4) is 0 Å². The van der Waals surface area contributed by atoms with Gasteiger partial charge >= 0.3 is 0 Å².